The number of nitrogens with zero attached hydrogens (tertiary/aromatic N) is 4. The molecule has 0 unspecified atom stereocenters. The van der Waals surface area contributed by atoms with Crippen molar-refractivity contribution in [2.24, 2.45) is 0 Å². The zero-order chi connectivity index (χ0) is 27.3. The molecular formula is C29H26FN5O3. The highest BCUT2D eigenvalue weighted by molar-refractivity contribution is 6.04. The monoisotopic (exact) mass is 511 g/mol. The van der Waals surface area contributed by atoms with E-state index in [1.807, 2.05) is 42.5 Å². The molecule has 0 spiro atoms. The number of carbonyl (C=O) groups excluding carboxylic acids is 1. The van der Waals surface area contributed by atoms with Crippen LogP contribution in [0.3, 0.4) is 0 Å². The highest BCUT2D eigenvalue weighted by atomic mass is 19.1. The molecule has 2 N–H and O–H groups in total. The zero-order valence-corrected chi connectivity index (χ0v) is 21.1. The Bertz CT molecular complexity index is 1570. The molecule has 0 bridgehead atoms. The van der Waals surface area contributed by atoms with Gasteiger partial charge in [-0.1, -0.05) is 32.9 Å². The Morgan fingerprint density at radius 3 is 2.32 bits per heavy atom. The number of carbonyl (C=O) groups is 2. The Hall–Kier alpha value is -4.92. The first-order valence-corrected chi connectivity index (χ1v) is 11.8. The van der Waals surface area contributed by atoms with Gasteiger partial charge in [-0.15, -0.1) is 0 Å². The van der Waals surface area contributed by atoms with Gasteiger partial charge in [0.15, 0.2) is 5.65 Å². The van der Waals surface area contributed by atoms with Crippen molar-refractivity contribution in [2.45, 2.75) is 26.2 Å². The number of carboxylic acid groups (broad SMARTS) is 1. The molecule has 0 atom stereocenters. The molecule has 0 saturated carbocycles. The van der Waals surface area contributed by atoms with E-state index in [0.717, 1.165) is 22.4 Å². The lowest BCUT2D eigenvalue weighted by Gasteiger charge is -2.19. The quantitative estimate of drug-likeness (QED) is 0.293. The van der Waals surface area contributed by atoms with Gasteiger partial charge in [-0.3, -0.25) is 9.59 Å². The summed E-state index contributed by atoms with van der Waals surface area (Å²) < 4.78 is 15.3. The molecule has 3 heterocycles. The Kier molecular flexibility index (Phi) is 7.57. The number of pyridine rings is 1. The highest BCUT2D eigenvalue weighted by Crippen LogP contribution is 2.33. The maximum atomic E-state index is 13.5. The van der Waals surface area contributed by atoms with Crippen LogP contribution in [0, 0.1) is 5.82 Å². The number of hydrogen-bond acceptors (Lipinski definition) is 5. The maximum Gasteiger partial charge on any atom is 0.290 e. The number of rotatable bonds is 4. The summed E-state index contributed by atoms with van der Waals surface area (Å²) in [5.74, 6) is -0.157. The molecule has 0 saturated heterocycles. The lowest BCUT2D eigenvalue weighted by Crippen LogP contribution is -2.15. The summed E-state index contributed by atoms with van der Waals surface area (Å²) >= 11 is 0. The number of hydrogen-bond donors (Lipinski definition) is 2. The fraction of sp³-hybridized carbons (Fsp3) is 0.138. The summed E-state index contributed by atoms with van der Waals surface area (Å²) in [7, 11) is 0. The van der Waals surface area contributed by atoms with Gasteiger partial charge in [0.1, 0.15) is 17.3 Å². The molecular weight excluding hydrogens is 485 g/mol. The van der Waals surface area contributed by atoms with Gasteiger partial charge >= 0.3 is 0 Å². The molecule has 0 aliphatic heterocycles. The number of amides is 1. The molecule has 5 rings (SSSR count). The molecule has 3 aromatic heterocycles. The van der Waals surface area contributed by atoms with E-state index in [-0.39, 0.29) is 23.6 Å². The summed E-state index contributed by atoms with van der Waals surface area (Å²) in [5.41, 5.74) is 5.27. The number of halogens is 1. The molecule has 192 valence electrons. The second-order valence-electron chi connectivity index (χ2n) is 9.43. The van der Waals surface area contributed by atoms with Crippen LogP contribution in [0.2, 0.25) is 0 Å². The van der Waals surface area contributed by atoms with Gasteiger partial charge in [-0.25, -0.2) is 18.9 Å². The highest BCUT2D eigenvalue weighted by Gasteiger charge is 2.18. The lowest BCUT2D eigenvalue weighted by molar-refractivity contribution is -0.122. The van der Waals surface area contributed by atoms with E-state index >= 15 is 0 Å². The first kappa shape index (κ1) is 26.2. The molecule has 2 aromatic carbocycles. The van der Waals surface area contributed by atoms with Crippen LogP contribution in [0.15, 0.2) is 85.2 Å². The van der Waals surface area contributed by atoms with Gasteiger partial charge in [-0.2, -0.15) is 5.10 Å². The topological polar surface area (TPSA) is 109 Å². The predicted molar refractivity (Wildman–Crippen MR) is 143 cm³/mol. The Labute approximate surface area is 218 Å². The fourth-order valence-electron chi connectivity index (χ4n) is 3.91. The summed E-state index contributed by atoms with van der Waals surface area (Å²) in [6, 6.07) is 21.0. The molecule has 0 radical (unpaired) electrons. The van der Waals surface area contributed by atoms with Crippen molar-refractivity contribution in [1.29, 1.82) is 0 Å². The molecule has 9 heteroatoms. The van der Waals surface area contributed by atoms with Gasteiger partial charge in [0.2, 0.25) is 0 Å². The third kappa shape index (κ3) is 5.73. The fourth-order valence-corrected chi connectivity index (χ4v) is 3.91. The molecule has 0 fully saturated rings. The van der Waals surface area contributed by atoms with Gasteiger partial charge in [0.25, 0.3) is 12.4 Å². The number of aromatic nitrogens is 4. The third-order valence-corrected chi connectivity index (χ3v) is 5.80. The van der Waals surface area contributed by atoms with Crippen molar-refractivity contribution in [3.8, 4) is 22.5 Å². The van der Waals surface area contributed by atoms with Crippen molar-refractivity contribution in [3.05, 3.63) is 102 Å². The summed E-state index contributed by atoms with van der Waals surface area (Å²) in [4.78, 5) is 30.3. The third-order valence-electron chi connectivity index (χ3n) is 5.80. The summed E-state index contributed by atoms with van der Waals surface area (Å²) in [5, 5.41) is 14.2. The minimum Gasteiger partial charge on any atom is -0.483 e. The van der Waals surface area contributed by atoms with E-state index in [1.54, 1.807) is 35.1 Å². The van der Waals surface area contributed by atoms with E-state index < -0.39 is 0 Å². The van der Waals surface area contributed by atoms with Crippen molar-refractivity contribution >= 4 is 23.8 Å². The minimum atomic E-state index is -0.318. The second-order valence-corrected chi connectivity index (χ2v) is 9.43. The Balaban J connectivity index is 0.00000107. The molecule has 5 aromatic rings. The van der Waals surface area contributed by atoms with Crippen LogP contribution in [-0.4, -0.2) is 37.1 Å². The van der Waals surface area contributed by atoms with Crippen LogP contribution >= 0.6 is 0 Å². The zero-order valence-electron chi connectivity index (χ0n) is 21.1. The average molecular weight is 512 g/mol. The lowest BCUT2D eigenvalue weighted by atomic mass is 9.87. The van der Waals surface area contributed by atoms with Crippen LogP contribution in [0.1, 0.15) is 36.7 Å². The van der Waals surface area contributed by atoms with Crippen LogP contribution in [0.25, 0.3) is 28.2 Å². The van der Waals surface area contributed by atoms with Crippen LogP contribution < -0.4 is 5.32 Å². The van der Waals surface area contributed by atoms with Crippen molar-refractivity contribution in [2.75, 3.05) is 5.32 Å². The van der Waals surface area contributed by atoms with Crippen LogP contribution in [-0.2, 0) is 10.2 Å². The van der Waals surface area contributed by atoms with Gasteiger partial charge in [0.05, 0.1) is 5.69 Å². The van der Waals surface area contributed by atoms with E-state index in [2.05, 4.69) is 36.2 Å². The second kappa shape index (κ2) is 11.0. The van der Waals surface area contributed by atoms with E-state index in [9.17, 15) is 9.18 Å². The standard InChI is InChI=1S/C28H24FN5O.CH2O2/c1-28(2,3)21-10-6-19(7-11-21)27(35)32-23-17-20(14-16-30-23)26-25(18-8-12-22(29)13-9-18)33-24-5-4-15-31-34(24)26;2-1-3/h4-17H,1-3H3,(H,30,32,35);1H,(H,2,3). The van der Waals surface area contributed by atoms with Crippen molar-refractivity contribution in [1.82, 2.24) is 19.6 Å². The Morgan fingerprint density at radius 1 is 0.974 bits per heavy atom. The predicted octanol–water partition coefficient (Wildman–Crippen LogP) is 5.85. The van der Waals surface area contributed by atoms with E-state index in [0.29, 0.717) is 22.7 Å². The molecule has 1 amide bonds. The first-order chi connectivity index (χ1) is 18.2. The first-order valence-electron chi connectivity index (χ1n) is 11.8. The molecule has 0 aliphatic rings. The molecule has 38 heavy (non-hydrogen) atoms. The molecule has 0 aliphatic carbocycles. The summed E-state index contributed by atoms with van der Waals surface area (Å²) in [6.07, 6.45) is 3.31. The SMILES string of the molecule is CC(C)(C)c1ccc(C(=O)Nc2cc(-c3c(-c4ccc(F)cc4)nc4cccnn34)ccn2)cc1.O=CO. The molecule has 8 nitrogen and oxygen atoms in total. The normalized spacial score (nSPS) is 10.9. The van der Waals surface area contributed by atoms with Crippen molar-refractivity contribution in [3.63, 3.8) is 0 Å². The summed E-state index contributed by atoms with van der Waals surface area (Å²) in [6.45, 7) is 6.14. The average Bonchev–Trinajstić information content (AvgIpc) is 3.29. The number of imidazole rings is 1. The Morgan fingerprint density at radius 2 is 1.66 bits per heavy atom. The number of benzene rings is 2. The number of nitrogens with one attached hydrogen (secondary N) is 1. The smallest absolute Gasteiger partial charge is 0.290 e. The number of anilines is 1. The van der Waals surface area contributed by atoms with Gasteiger partial charge < -0.3 is 10.4 Å². The van der Waals surface area contributed by atoms with Gasteiger partial charge in [-0.05, 0) is 71.6 Å². The van der Waals surface area contributed by atoms with Crippen LogP contribution in [0.5, 0.6) is 0 Å². The van der Waals surface area contributed by atoms with Crippen molar-refractivity contribution < 1.29 is 19.1 Å². The van der Waals surface area contributed by atoms with E-state index in [4.69, 9.17) is 14.9 Å². The maximum absolute atomic E-state index is 13.5. The van der Waals surface area contributed by atoms with E-state index in [1.165, 1.54) is 12.1 Å². The van der Waals surface area contributed by atoms with Crippen LogP contribution in [0.4, 0.5) is 10.2 Å². The largest absolute Gasteiger partial charge is 0.483 e. The number of fused-ring (bicyclic) bond motifs is 1. The van der Waals surface area contributed by atoms with Gasteiger partial charge in [0, 0.05) is 29.1 Å². The minimum absolute atomic E-state index is 0.00910.